The second kappa shape index (κ2) is 69.5. The van der Waals surface area contributed by atoms with Gasteiger partial charge in [0.25, 0.3) is 0 Å². The molecule has 5 unspecified atom stereocenters. The molecule has 3 N–H and O–H groups in total. The maximum absolute atomic E-state index is 13.1. The van der Waals surface area contributed by atoms with Gasteiger partial charge in [0.2, 0.25) is 0 Å². The van der Waals surface area contributed by atoms with Gasteiger partial charge in [-0.3, -0.25) is 37.3 Å². The molecule has 0 aromatic rings. The van der Waals surface area contributed by atoms with Crippen molar-refractivity contribution < 1.29 is 80.2 Å². The second-order valence-electron chi connectivity index (χ2n) is 24.8. The fraction of sp³-hybridized carbons (Fsp3) is 0.740. The maximum Gasteiger partial charge on any atom is 0.472 e. The number of rotatable bonds is 70. The van der Waals surface area contributed by atoms with Crippen LogP contribution in [0.1, 0.15) is 310 Å². The number of phosphoric ester groups is 2. The van der Waals surface area contributed by atoms with Crippen LogP contribution in [0.2, 0.25) is 0 Å². The Kier molecular flexibility index (Phi) is 66.6. The third kappa shape index (κ3) is 68.5. The van der Waals surface area contributed by atoms with Crippen LogP contribution in [0.4, 0.5) is 0 Å². The first-order valence-corrected chi connectivity index (χ1v) is 40.5. The predicted octanol–water partition coefficient (Wildman–Crippen LogP) is 21.2. The normalized spacial score (nSPS) is 14.5. The molecule has 96 heavy (non-hydrogen) atoms. The highest BCUT2D eigenvalue weighted by atomic mass is 31.2. The molecule has 0 rings (SSSR count). The Balaban J connectivity index is 5.37. The van der Waals surface area contributed by atoms with E-state index in [1.165, 1.54) is 77.0 Å². The molecule has 0 heterocycles. The summed E-state index contributed by atoms with van der Waals surface area (Å²) in [5.74, 6) is -2.24. The van der Waals surface area contributed by atoms with Crippen LogP contribution in [-0.4, -0.2) is 96.7 Å². The van der Waals surface area contributed by atoms with Crippen LogP contribution < -0.4 is 0 Å². The number of hydrogen-bond acceptors (Lipinski definition) is 15. The standard InChI is InChI=1S/C77H134O17P2/c1-5-9-13-17-21-25-29-33-35-39-41-45-49-53-57-61-74(79)87-67-72(93-76(81)63-59-55-51-47-43-37-31-27-23-19-15-11-7-3)69-91-95(83,84)89-65-71(78)66-90-96(85,86)92-70-73(94-77(82)64-60-56-52-48-44-38-32-28-24-20-16-12-8-4)68-88-75(80)62-58-54-50-46-42-40-36-34-30-26-22-18-14-10-6-2/h9-10,13-14,21-22,25-27,31,33-36,41,45,71-73,78H,5-8,11-12,15-20,23-24,28-30,32,37-40,42-44,46-70H2,1-4H3,(H,83,84)(H,85,86)/b13-9-,14-10-,25-21-,26-22-,31-27-,35-33-,36-34-,45-41-. The molecule has 19 heteroatoms. The quantitative estimate of drug-likeness (QED) is 0.0169. The van der Waals surface area contributed by atoms with Crippen LogP contribution in [0.25, 0.3) is 0 Å². The zero-order valence-corrected chi connectivity index (χ0v) is 62.1. The minimum absolute atomic E-state index is 0.0758. The summed E-state index contributed by atoms with van der Waals surface area (Å²) in [6, 6.07) is 0. The Morgan fingerprint density at radius 1 is 0.302 bits per heavy atom. The van der Waals surface area contributed by atoms with E-state index >= 15 is 0 Å². The van der Waals surface area contributed by atoms with Gasteiger partial charge >= 0.3 is 39.5 Å². The molecule has 554 valence electrons. The fourth-order valence-corrected chi connectivity index (χ4v) is 11.4. The third-order valence-electron chi connectivity index (χ3n) is 15.5. The second-order valence-corrected chi connectivity index (χ2v) is 27.7. The SMILES string of the molecule is CC/C=C\C/C=C\C/C=C\C/C=C\CCCCC(=O)OCC(COP(=O)(O)OCC(O)COP(=O)(O)OCC(COC(=O)CCCCCCC/C=C\C/C=C\C/C=C\CC)OC(=O)CCCCCCCCCCCCCCC)OC(=O)CCCCCCC/C=C\CCCCCC. The predicted molar refractivity (Wildman–Crippen MR) is 390 cm³/mol. The van der Waals surface area contributed by atoms with Gasteiger partial charge in [0.15, 0.2) is 12.2 Å². The molecule has 0 aliphatic carbocycles. The number of aliphatic hydroxyl groups is 1. The zero-order valence-electron chi connectivity index (χ0n) is 60.3. The van der Waals surface area contributed by atoms with Crippen molar-refractivity contribution in [1.82, 2.24) is 0 Å². The first-order chi connectivity index (χ1) is 46.7. The van der Waals surface area contributed by atoms with Crippen molar-refractivity contribution in [2.75, 3.05) is 39.6 Å². The number of unbranched alkanes of at least 4 members (excludes halogenated alkanes) is 28. The number of carbonyl (C=O) groups excluding carboxylic acids is 4. The molecular formula is C77H134O17P2. The topological polar surface area (TPSA) is 237 Å². The van der Waals surface area contributed by atoms with E-state index in [1.807, 2.05) is 0 Å². The molecule has 0 aliphatic rings. The lowest BCUT2D eigenvalue weighted by Gasteiger charge is -2.21. The molecule has 0 bridgehead atoms. The van der Waals surface area contributed by atoms with E-state index in [4.69, 9.17) is 37.0 Å². The number of aliphatic hydroxyl groups excluding tert-OH is 1. The van der Waals surface area contributed by atoms with Gasteiger partial charge in [0.05, 0.1) is 26.4 Å². The van der Waals surface area contributed by atoms with Gasteiger partial charge in [0.1, 0.15) is 19.3 Å². The van der Waals surface area contributed by atoms with E-state index in [1.54, 1.807) is 0 Å². The van der Waals surface area contributed by atoms with E-state index in [9.17, 15) is 43.2 Å². The molecular weight excluding hydrogens is 1260 g/mol. The van der Waals surface area contributed by atoms with Crippen LogP contribution in [0.15, 0.2) is 97.2 Å². The van der Waals surface area contributed by atoms with Crippen molar-refractivity contribution in [3.63, 3.8) is 0 Å². The number of hydrogen-bond donors (Lipinski definition) is 3. The number of esters is 4. The smallest absolute Gasteiger partial charge is 0.462 e. The summed E-state index contributed by atoms with van der Waals surface area (Å²) in [5.41, 5.74) is 0. The fourth-order valence-electron chi connectivity index (χ4n) is 9.87. The van der Waals surface area contributed by atoms with Gasteiger partial charge in [-0.2, -0.15) is 0 Å². The van der Waals surface area contributed by atoms with E-state index < -0.39 is 97.5 Å². The maximum atomic E-state index is 13.1. The molecule has 0 amide bonds. The van der Waals surface area contributed by atoms with Gasteiger partial charge in [0, 0.05) is 25.7 Å². The lowest BCUT2D eigenvalue weighted by molar-refractivity contribution is -0.161. The first kappa shape index (κ1) is 92.0. The first-order valence-electron chi connectivity index (χ1n) is 37.5. The lowest BCUT2D eigenvalue weighted by Crippen LogP contribution is -2.30. The van der Waals surface area contributed by atoms with E-state index in [2.05, 4.69) is 125 Å². The minimum atomic E-state index is -4.98. The minimum Gasteiger partial charge on any atom is -0.462 e. The summed E-state index contributed by atoms with van der Waals surface area (Å²) in [7, 11) is -9.96. The summed E-state index contributed by atoms with van der Waals surface area (Å²) < 4.78 is 68.4. The molecule has 0 saturated heterocycles. The van der Waals surface area contributed by atoms with Gasteiger partial charge in [-0.15, -0.1) is 0 Å². The lowest BCUT2D eigenvalue weighted by atomic mass is 10.0. The summed E-state index contributed by atoms with van der Waals surface area (Å²) >= 11 is 0. The Bertz CT molecular complexity index is 2200. The zero-order chi connectivity index (χ0) is 70.4. The van der Waals surface area contributed by atoms with Crippen molar-refractivity contribution in [1.29, 1.82) is 0 Å². The van der Waals surface area contributed by atoms with Crippen LogP contribution in [0.3, 0.4) is 0 Å². The van der Waals surface area contributed by atoms with Crippen molar-refractivity contribution in [3.8, 4) is 0 Å². The van der Waals surface area contributed by atoms with Crippen molar-refractivity contribution in [2.24, 2.45) is 0 Å². The number of carbonyl (C=O) groups is 4. The highest BCUT2D eigenvalue weighted by Gasteiger charge is 2.30. The summed E-state index contributed by atoms with van der Waals surface area (Å²) in [5, 5.41) is 10.6. The summed E-state index contributed by atoms with van der Waals surface area (Å²) in [6.07, 6.45) is 71.2. The van der Waals surface area contributed by atoms with Gasteiger partial charge in [-0.1, -0.05) is 260 Å². The number of ether oxygens (including phenoxy) is 4. The molecule has 17 nitrogen and oxygen atoms in total. The average Bonchev–Trinajstić information content (AvgIpc) is 1.14. The third-order valence-corrected chi connectivity index (χ3v) is 17.4. The van der Waals surface area contributed by atoms with Crippen LogP contribution >= 0.6 is 15.6 Å². The van der Waals surface area contributed by atoms with E-state index in [0.29, 0.717) is 25.7 Å². The molecule has 5 atom stereocenters. The van der Waals surface area contributed by atoms with Gasteiger partial charge in [-0.25, -0.2) is 9.13 Å². The molecule has 0 aromatic carbocycles. The van der Waals surface area contributed by atoms with E-state index in [0.717, 1.165) is 154 Å². The molecule has 0 saturated carbocycles. The largest absolute Gasteiger partial charge is 0.472 e. The molecule has 0 aromatic heterocycles. The molecule has 0 aliphatic heterocycles. The molecule has 0 radical (unpaired) electrons. The Hall–Kier alpha value is -4.02. The van der Waals surface area contributed by atoms with Crippen molar-refractivity contribution in [3.05, 3.63) is 97.2 Å². The van der Waals surface area contributed by atoms with Crippen LogP contribution in [0.5, 0.6) is 0 Å². The Morgan fingerprint density at radius 2 is 0.542 bits per heavy atom. The highest BCUT2D eigenvalue weighted by Crippen LogP contribution is 2.45. The average molecular weight is 1390 g/mol. The van der Waals surface area contributed by atoms with Crippen LogP contribution in [0, 0.1) is 0 Å². The van der Waals surface area contributed by atoms with Crippen LogP contribution in [-0.2, 0) is 65.4 Å². The van der Waals surface area contributed by atoms with Crippen molar-refractivity contribution in [2.45, 2.75) is 329 Å². The monoisotopic (exact) mass is 1390 g/mol. The highest BCUT2D eigenvalue weighted by molar-refractivity contribution is 7.47. The molecule has 0 fully saturated rings. The number of allylic oxidation sites excluding steroid dienone is 16. The van der Waals surface area contributed by atoms with E-state index in [-0.39, 0.29) is 25.7 Å². The Labute approximate surface area is 582 Å². The summed E-state index contributed by atoms with van der Waals surface area (Å²) in [4.78, 5) is 72.7. The molecule has 0 spiro atoms. The summed E-state index contributed by atoms with van der Waals surface area (Å²) in [6.45, 7) is 4.57. The van der Waals surface area contributed by atoms with Gasteiger partial charge < -0.3 is 33.8 Å². The Morgan fingerprint density at radius 3 is 0.875 bits per heavy atom. The number of phosphoric acid groups is 2. The van der Waals surface area contributed by atoms with Gasteiger partial charge in [-0.05, 0) is 122 Å². The van der Waals surface area contributed by atoms with Crippen molar-refractivity contribution >= 4 is 39.5 Å².